The van der Waals surface area contributed by atoms with E-state index in [1.807, 2.05) is 19.3 Å². The number of aryl methyl sites for hydroxylation is 1. The Labute approximate surface area is 85.2 Å². The van der Waals surface area contributed by atoms with Crippen LogP contribution < -0.4 is 4.74 Å². The first kappa shape index (κ1) is 8.63. The van der Waals surface area contributed by atoms with Crippen LogP contribution in [0.15, 0.2) is 28.9 Å². The first-order valence-corrected chi connectivity index (χ1v) is 4.80. The predicted molar refractivity (Wildman–Crippen MR) is 57.2 cm³/mol. The number of rotatable bonds is 1. The van der Waals surface area contributed by atoms with Gasteiger partial charge in [-0.25, -0.2) is 0 Å². The molecule has 0 radical (unpaired) electrons. The van der Waals surface area contributed by atoms with E-state index in [4.69, 9.17) is 4.74 Å². The van der Waals surface area contributed by atoms with Gasteiger partial charge in [-0.3, -0.25) is 0 Å². The topological polar surface area (TPSA) is 14.2 Å². The lowest BCUT2D eigenvalue weighted by atomic mass is 10.2. The molecule has 0 aliphatic heterocycles. The maximum absolute atomic E-state index is 5.30. The zero-order valence-electron chi connectivity index (χ0n) is 7.54. The molecule has 0 aliphatic carbocycles. The zero-order chi connectivity index (χ0) is 9.42. The molecular formula is C10H10BrNO. The average molecular weight is 240 g/mol. The second-order valence-corrected chi connectivity index (χ2v) is 3.89. The van der Waals surface area contributed by atoms with Gasteiger partial charge in [-0.15, -0.1) is 0 Å². The molecule has 3 heteroatoms. The van der Waals surface area contributed by atoms with E-state index >= 15 is 0 Å². The third kappa shape index (κ3) is 1.33. The summed E-state index contributed by atoms with van der Waals surface area (Å²) in [4.78, 5) is 0. The second kappa shape index (κ2) is 3.07. The molecule has 0 fully saturated rings. The number of halogens is 1. The summed E-state index contributed by atoms with van der Waals surface area (Å²) in [5.74, 6) is 0.900. The number of hydrogen-bond donors (Lipinski definition) is 0. The van der Waals surface area contributed by atoms with E-state index < -0.39 is 0 Å². The highest BCUT2D eigenvalue weighted by Gasteiger charge is 2.05. The second-order valence-electron chi connectivity index (χ2n) is 2.97. The minimum Gasteiger partial charge on any atom is -0.495 e. The molecule has 0 bridgehead atoms. The van der Waals surface area contributed by atoms with Crippen LogP contribution in [0.4, 0.5) is 0 Å². The lowest BCUT2D eigenvalue weighted by Gasteiger charge is -2.05. The highest BCUT2D eigenvalue weighted by atomic mass is 79.9. The maximum Gasteiger partial charge on any atom is 0.144 e. The normalized spacial score (nSPS) is 10.7. The molecule has 0 amide bonds. The van der Waals surface area contributed by atoms with Gasteiger partial charge in [0.25, 0.3) is 0 Å². The summed E-state index contributed by atoms with van der Waals surface area (Å²) < 4.78 is 8.40. The van der Waals surface area contributed by atoms with Gasteiger partial charge in [0.15, 0.2) is 0 Å². The number of methoxy groups -OCH3 is 1. The van der Waals surface area contributed by atoms with Crippen LogP contribution in [0.25, 0.3) is 10.9 Å². The van der Waals surface area contributed by atoms with Crippen LogP contribution in [0, 0.1) is 0 Å². The van der Waals surface area contributed by atoms with Crippen molar-refractivity contribution in [1.82, 2.24) is 4.57 Å². The van der Waals surface area contributed by atoms with Crippen molar-refractivity contribution in [1.29, 1.82) is 0 Å². The first-order chi connectivity index (χ1) is 6.22. The van der Waals surface area contributed by atoms with E-state index in [9.17, 15) is 0 Å². The number of hydrogen-bond acceptors (Lipinski definition) is 1. The van der Waals surface area contributed by atoms with Crippen molar-refractivity contribution in [3.05, 3.63) is 28.9 Å². The Bertz CT molecular complexity index is 447. The molecule has 13 heavy (non-hydrogen) atoms. The smallest absolute Gasteiger partial charge is 0.144 e. The van der Waals surface area contributed by atoms with Crippen LogP contribution in [0.2, 0.25) is 0 Å². The number of aromatic nitrogens is 1. The maximum atomic E-state index is 5.30. The predicted octanol–water partition coefficient (Wildman–Crippen LogP) is 2.95. The van der Waals surface area contributed by atoms with E-state index in [0.29, 0.717) is 0 Å². The van der Waals surface area contributed by atoms with Crippen molar-refractivity contribution in [2.24, 2.45) is 7.05 Å². The van der Waals surface area contributed by atoms with E-state index in [1.165, 1.54) is 5.39 Å². The molecule has 1 aromatic heterocycles. The number of ether oxygens (including phenoxy) is 1. The van der Waals surface area contributed by atoms with Gasteiger partial charge in [0.05, 0.1) is 12.6 Å². The molecule has 2 rings (SSSR count). The quantitative estimate of drug-likeness (QED) is 0.747. The van der Waals surface area contributed by atoms with Crippen LogP contribution in [0.3, 0.4) is 0 Å². The third-order valence-electron chi connectivity index (χ3n) is 2.12. The van der Waals surface area contributed by atoms with Crippen LogP contribution in [0.5, 0.6) is 5.75 Å². The molecule has 0 N–H and O–H groups in total. The minimum atomic E-state index is 0.900. The molecule has 1 heterocycles. The lowest BCUT2D eigenvalue weighted by molar-refractivity contribution is 0.417. The number of benzene rings is 1. The number of nitrogens with zero attached hydrogens (tertiary/aromatic N) is 1. The van der Waals surface area contributed by atoms with Crippen molar-refractivity contribution in [3.63, 3.8) is 0 Å². The highest BCUT2D eigenvalue weighted by molar-refractivity contribution is 9.10. The van der Waals surface area contributed by atoms with E-state index in [1.54, 1.807) is 7.11 Å². The average Bonchev–Trinajstić information content (AvgIpc) is 2.46. The fraction of sp³-hybridized carbons (Fsp3) is 0.200. The largest absolute Gasteiger partial charge is 0.495 e. The lowest BCUT2D eigenvalue weighted by Crippen LogP contribution is -1.90. The van der Waals surface area contributed by atoms with Gasteiger partial charge in [-0.05, 0) is 18.2 Å². The van der Waals surface area contributed by atoms with Crippen molar-refractivity contribution in [3.8, 4) is 5.75 Å². The Morgan fingerprint density at radius 3 is 2.85 bits per heavy atom. The first-order valence-electron chi connectivity index (χ1n) is 4.01. The van der Waals surface area contributed by atoms with Gasteiger partial charge in [0.1, 0.15) is 5.75 Å². The summed E-state index contributed by atoms with van der Waals surface area (Å²) in [6, 6.07) is 6.13. The third-order valence-corrected chi connectivity index (χ3v) is 2.58. The van der Waals surface area contributed by atoms with Gasteiger partial charge in [-0.2, -0.15) is 0 Å². The van der Waals surface area contributed by atoms with Gasteiger partial charge in [-0.1, -0.05) is 15.9 Å². The van der Waals surface area contributed by atoms with Crippen LogP contribution in [0.1, 0.15) is 0 Å². The Kier molecular flexibility index (Phi) is 2.04. The van der Waals surface area contributed by atoms with Gasteiger partial charge in [0.2, 0.25) is 0 Å². The molecule has 0 spiro atoms. The molecule has 0 saturated heterocycles. The van der Waals surface area contributed by atoms with E-state index in [-0.39, 0.29) is 0 Å². The van der Waals surface area contributed by atoms with E-state index in [0.717, 1.165) is 15.7 Å². The van der Waals surface area contributed by atoms with Crippen LogP contribution in [-0.2, 0) is 7.05 Å². The Morgan fingerprint density at radius 1 is 1.38 bits per heavy atom. The summed E-state index contributed by atoms with van der Waals surface area (Å²) >= 11 is 3.44. The Hall–Kier alpha value is -0.960. The van der Waals surface area contributed by atoms with Gasteiger partial charge >= 0.3 is 0 Å². The summed E-state index contributed by atoms with van der Waals surface area (Å²) in [7, 11) is 3.70. The Balaban J connectivity index is 2.85. The molecule has 0 atom stereocenters. The summed E-state index contributed by atoms with van der Waals surface area (Å²) in [5.41, 5.74) is 1.13. The molecule has 0 saturated carbocycles. The highest BCUT2D eigenvalue weighted by Crippen LogP contribution is 2.30. The van der Waals surface area contributed by atoms with E-state index in [2.05, 4.69) is 32.6 Å². The van der Waals surface area contributed by atoms with Crippen molar-refractivity contribution >= 4 is 26.8 Å². The van der Waals surface area contributed by atoms with Gasteiger partial charge in [0, 0.05) is 23.1 Å². The summed E-state index contributed by atoms with van der Waals surface area (Å²) in [6.07, 6.45) is 2.03. The monoisotopic (exact) mass is 239 g/mol. The van der Waals surface area contributed by atoms with Crippen molar-refractivity contribution in [2.75, 3.05) is 7.11 Å². The fourth-order valence-corrected chi connectivity index (χ4v) is 1.98. The molecule has 68 valence electrons. The minimum absolute atomic E-state index is 0.900. The van der Waals surface area contributed by atoms with Crippen LogP contribution >= 0.6 is 15.9 Å². The Morgan fingerprint density at radius 2 is 2.15 bits per heavy atom. The van der Waals surface area contributed by atoms with Crippen molar-refractivity contribution < 1.29 is 4.74 Å². The number of fused-ring (bicyclic) bond motifs is 1. The summed E-state index contributed by atoms with van der Waals surface area (Å²) in [6.45, 7) is 0. The van der Waals surface area contributed by atoms with Crippen molar-refractivity contribution in [2.45, 2.75) is 0 Å². The molecule has 2 nitrogen and oxygen atoms in total. The SMILES string of the molecule is COc1cc(Br)cc2ccn(C)c12. The van der Waals surface area contributed by atoms with Gasteiger partial charge < -0.3 is 9.30 Å². The molecule has 0 unspecified atom stereocenters. The summed E-state index contributed by atoms with van der Waals surface area (Å²) in [5, 5.41) is 1.19. The van der Waals surface area contributed by atoms with Crippen LogP contribution in [-0.4, -0.2) is 11.7 Å². The standard InChI is InChI=1S/C10H10BrNO/c1-12-4-3-7-5-8(11)6-9(13-2)10(7)12/h3-6H,1-2H3. The molecule has 0 aliphatic rings. The zero-order valence-corrected chi connectivity index (χ0v) is 9.13. The fourth-order valence-electron chi connectivity index (χ4n) is 1.52. The molecule has 1 aromatic carbocycles. The molecule has 2 aromatic rings. The molecular weight excluding hydrogens is 230 g/mol.